The van der Waals surface area contributed by atoms with Gasteiger partial charge in [-0.25, -0.2) is 4.39 Å². The van der Waals surface area contributed by atoms with Crippen molar-refractivity contribution in [2.24, 2.45) is 0 Å². The monoisotopic (exact) mass is 222 g/mol. The molecular weight excluding hydrogens is 211 g/mol. The lowest BCUT2D eigenvalue weighted by atomic mass is 10.3. The van der Waals surface area contributed by atoms with Gasteiger partial charge in [0, 0.05) is 6.20 Å². The molecule has 84 valence electrons. The zero-order valence-electron chi connectivity index (χ0n) is 8.94. The number of nitrogens with one attached hydrogen (secondary N) is 1. The van der Waals surface area contributed by atoms with Gasteiger partial charge in [-0.2, -0.15) is 0 Å². The van der Waals surface area contributed by atoms with Gasteiger partial charge < -0.3 is 9.73 Å². The predicted octanol–water partition coefficient (Wildman–Crippen LogP) is 1.55. The van der Waals surface area contributed by atoms with E-state index >= 15 is 0 Å². The van der Waals surface area contributed by atoms with Crippen LogP contribution >= 0.6 is 0 Å². The van der Waals surface area contributed by atoms with Gasteiger partial charge in [0.2, 0.25) is 11.8 Å². The summed E-state index contributed by atoms with van der Waals surface area (Å²) in [6.45, 7) is 1.89. The van der Waals surface area contributed by atoms with E-state index in [1.165, 1.54) is 12.3 Å². The Kier molecular flexibility index (Phi) is 2.91. The van der Waals surface area contributed by atoms with Crippen LogP contribution in [0.2, 0.25) is 0 Å². The summed E-state index contributed by atoms with van der Waals surface area (Å²) < 4.78 is 18.3. The summed E-state index contributed by atoms with van der Waals surface area (Å²) in [4.78, 5) is 3.72. The number of rotatable bonds is 3. The minimum Gasteiger partial charge on any atom is -0.419 e. The molecule has 0 saturated heterocycles. The van der Waals surface area contributed by atoms with Crippen molar-refractivity contribution in [3.63, 3.8) is 0 Å². The first-order valence-electron chi connectivity index (χ1n) is 4.82. The quantitative estimate of drug-likeness (QED) is 0.853. The molecule has 0 saturated carbocycles. The fourth-order valence-electron chi connectivity index (χ4n) is 1.18. The third-order valence-corrected chi connectivity index (χ3v) is 2.20. The van der Waals surface area contributed by atoms with Crippen molar-refractivity contribution in [3.8, 4) is 11.5 Å². The van der Waals surface area contributed by atoms with Crippen LogP contribution in [0.25, 0.3) is 11.5 Å². The third-order valence-electron chi connectivity index (χ3n) is 2.20. The van der Waals surface area contributed by atoms with Gasteiger partial charge in [0.25, 0.3) is 0 Å². The first-order valence-corrected chi connectivity index (χ1v) is 4.82. The molecule has 2 heterocycles. The minimum atomic E-state index is -0.432. The van der Waals surface area contributed by atoms with Crippen molar-refractivity contribution in [3.05, 3.63) is 30.2 Å². The second kappa shape index (κ2) is 4.36. The highest BCUT2D eigenvalue weighted by atomic mass is 19.1. The summed E-state index contributed by atoms with van der Waals surface area (Å²) >= 11 is 0. The first kappa shape index (κ1) is 10.7. The summed E-state index contributed by atoms with van der Waals surface area (Å²) in [5, 5.41) is 10.7. The molecule has 16 heavy (non-hydrogen) atoms. The molecule has 0 aliphatic carbocycles. The van der Waals surface area contributed by atoms with Crippen LogP contribution in [-0.4, -0.2) is 22.2 Å². The maximum atomic E-state index is 12.9. The van der Waals surface area contributed by atoms with Crippen LogP contribution < -0.4 is 5.32 Å². The van der Waals surface area contributed by atoms with Gasteiger partial charge in [0.05, 0.1) is 17.8 Å². The Bertz CT molecular complexity index is 485. The van der Waals surface area contributed by atoms with E-state index in [-0.39, 0.29) is 11.9 Å². The molecule has 0 aliphatic heterocycles. The molecule has 0 radical (unpaired) electrons. The molecule has 5 nitrogen and oxygen atoms in total. The topological polar surface area (TPSA) is 63.8 Å². The van der Waals surface area contributed by atoms with Crippen LogP contribution in [0.3, 0.4) is 0 Å². The van der Waals surface area contributed by atoms with Crippen molar-refractivity contribution < 1.29 is 8.81 Å². The second-order valence-electron chi connectivity index (χ2n) is 3.35. The van der Waals surface area contributed by atoms with Crippen LogP contribution in [-0.2, 0) is 0 Å². The maximum absolute atomic E-state index is 12.9. The van der Waals surface area contributed by atoms with Gasteiger partial charge >= 0.3 is 0 Å². The van der Waals surface area contributed by atoms with Crippen molar-refractivity contribution in [2.45, 2.75) is 13.0 Å². The van der Waals surface area contributed by atoms with Gasteiger partial charge in [-0.15, -0.1) is 10.2 Å². The highest BCUT2D eigenvalue weighted by Crippen LogP contribution is 2.19. The minimum absolute atomic E-state index is 0.0391. The van der Waals surface area contributed by atoms with E-state index in [9.17, 15) is 4.39 Å². The number of halogens is 1. The first-order chi connectivity index (χ1) is 7.70. The van der Waals surface area contributed by atoms with Crippen LogP contribution in [0, 0.1) is 5.82 Å². The molecule has 1 N–H and O–H groups in total. The zero-order chi connectivity index (χ0) is 11.5. The third kappa shape index (κ3) is 2.06. The highest BCUT2D eigenvalue weighted by Gasteiger charge is 2.13. The van der Waals surface area contributed by atoms with E-state index in [4.69, 9.17) is 4.42 Å². The lowest BCUT2D eigenvalue weighted by Crippen LogP contribution is -2.12. The van der Waals surface area contributed by atoms with Crippen molar-refractivity contribution in [1.82, 2.24) is 20.5 Å². The number of nitrogens with zero attached hydrogens (tertiary/aromatic N) is 3. The smallest absolute Gasteiger partial charge is 0.249 e. The van der Waals surface area contributed by atoms with Gasteiger partial charge in [-0.1, -0.05) is 0 Å². The molecule has 0 aliphatic rings. The van der Waals surface area contributed by atoms with Crippen molar-refractivity contribution in [2.75, 3.05) is 7.05 Å². The molecule has 1 atom stereocenters. The van der Waals surface area contributed by atoms with Crippen molar-refractivity contribution in [1.29, 1.82) is 0 Å². The molecule has 0 bridgehead atoms. The number of pyridine rings is 1. The highest BCUT2D eigenvalue weighted by molar-refractivity contribution is 5.50. The van der Waals surface area contributed by atoms with E-state index in [0.29, 0.717) is 11.5 Å². The average molecular weight is 222 g/mol. The van der Waals surface area contributed by atoms with Crippen LogP contribution in [0.15, 0.2) is 22.9 Å². The molecule has 1 unspecified atom stereocenters. The average Bonchev–Trinajstić information content (AvgIpc) is 2.77. The Morgan fingerprint density at radius 3 is 2.88 bits per heavy atom. The van der Waals surface area contributed by atoms with E-state index in [1.807, 2.05) is 6.92 Å². The second-order valence-corrected chi connectivity index (χ2v) is 3.35. The van der Waals surface area contributed by atoms with Gasteiger partial charge in [-0.05, 0) is 20.0 Å². The summed E-state index contributed by atoms with van der Waals surface area (Å²) in [5.74, 6) is 0.296. The number of hydrogen-bond acceptors (Lipinski definition) is 5. The largest absolute Gasteiger partial charge is 0.419 e. The Balaban J connectivity index is 2.31. The Morgan fingerprint density at radius 1 is 1.38 bits per heavy atom. The zero-order valence-corrected chi connectivity index (χ0v) is 8.94. The Morgan fingerprint density at radius 2 is 2.19 bits per heavy atom. The number of hydrogen-bond donors (Lipinski definition) is 1. The van der Waals surface area contributed by atoms with Crippen LogP contribution in [0.1, 0.15) is 18.9 Å². The molecule has 0 amide bonds. The summed E-state index contributed by atoms with van der Waals surface area (Å²) in [7, 11) is 1.79. The van der Waals surface area contributed by atoms with Crippen LogP contribution in [0.5, 0.6) is 0 Å². The summed E-state index contributed by atoms with van der Waals surface area (Å²) in [5.41, 5.74) is 0.474. The molecule has 2 aromatic rings. The molecule has 6 heteroatoms. The molecule has 0 fully saturated rings. The number of aromatic nitrogens is 3. The van der Waals surface area contributed by atoms with Crippen LogP contribution in [0.4, 0.5) is 4.39 Å². The molecular formula is C10H11FN4O. The van der Waals surface area contributed by atoms with Gasteiger partial charge in [0.15, 0.2) is 0 Å². The fourth-order valence-corrected chi connectivity index (χ4v) is 1.18. The molecule has 0 spiro atoms. The van der Waals surface area contributed by atoms with E-state index in [0.717, 1.165) is 6.20 Å². The Labute approximate surface area is 91.7 Å². The Hall–Kier alpha value is -1.82. The van der Waals surface area contributed by atoms with E-state index in [2.05, 4.69) is 20.5 Å². The standard InChI is InChI=1S/C10H11FN4O/c1-6(12-2)9-14-15-10(16-9)7-3-8(11)5-13-4-7/h3-6,12H,1-2H3. The summed E-state index contributed by atoms with van der Waals surface area (Å²) in [6, 6.07) is 1.26. The molecule has 2 rings (SSSR count). The fraction of sp³-hybridized carbons (Fsp3) is 0.300. The van der Waals surface area contributed by atoms with Gasteiger partial charge in [0.1, 0.15) is 5.82 Å². The molecule has 0 aromatic carbocycles. The normalized spacial score (nSPS) is 12.7. The maximum Gasteiger partial charge on any atom is 0.249 e. The van der Waals surface area contributed by atoms with Crippen molar-refractivity contribution >= 4 is 0 Å². The lowest BCUT2D eigenvalue weighted by Gasteiger charge is -2.02. The SMILES string of the molecule is CNC(C)c1nnc(-c2cncc(F)c2)o1. The van der Waals surface area contributed by atoms with E-state index in [1.54, 1.807) is 7.05 Å². The van der Waals surface area contributed by atoms with Gasteiger partial charge in [-0.3, -0.25) is 4.98 Å². The van der Waals surface area contributed by atoms with E-state index < -0.39 is 5.82 Å². The summed E-state index contributed by atoms with van der Waals surface area (Å²) in [6.07, 6.45) is 2.60. The predicted molar refractivity (Wildman–Crippen MR) is 55.0 cm³/mol. The lowest BCUT2D eigenvalue weighted by molar-refractivity contribution is 0.441. The molecule has 2 aromatic heterocycles.